The minimum atomic E-state index is -0.217. The smallest absolute Gasteiger partial charge is 0.223 e. The molecule has 0 aromatic carbocycles. The van der Waals surface area contributed by atoms with E-state index in [1.54, 1.807) is 31.3 Å². The minimum Gasteiger partial charge on any atom is -0.345 e. The van der Waals surface area contributed by atoms with Crippen LogP contribution in [0.4, 0.5) is 0 Å². The van der Waals surface area contributed by atoms with E-state index in [0.29, 0.717) is 13.0 Å². The highest BCUT2D eigenvalue weighted by Gasteiger charge is 2.12. The molecule has 1 rings (SSSR count). The van der Waals surface area contributed by atoms with Crippen molar-refractivity contribution in [3.8, 4) is 6.07 Å². The summed E-state index contributed by atoms with van der Waals surface area (Å²) in [6, 6.07) is 5.95. The van der Waals surface area contributed by atoms with E-state index in [4.69, 9.17) is 5.26 Å². The van der Waals surface area contributed by atoms with Gasteiger partial charge in [0.2, 0.25) is 5.91 Å². The Labute approximate surface area is 102 Å². The van der Waals surface area contributed by atoms with Crippen molar-refractivity contribution in [2.45, 2.75) is 19.8 Å². The second kappa shape index (κ2) is 6.64. The van der Waals surface area contributed by atoms with Crippen LogP contribution < -0.4 is 0 Å². The van der Waals surface area contributed by atoms with E-state index >= 15 is 0 Å². The Morgan fingerprint density at radius 2 is 2.18 bits per heavy atom. The van der Waals surface area contributed by atoms with E-state index in [1.807, 2.05) is 12.1 Å². The highest BCUT2D eigenvalue weighted by Crippen LogP contribution is 2.04. The van der Waals surface area contributed by atoms with E-state index in [0.717, 1.165) is 12.0 Å². The Bertz CT molecular complexity index is 397. The first kappa shape index (κ1) is 13.2. The van der Waals surface area contributed by atoms with Crippen LogP contribution in [0.5, 0.6) is 0 Å². The van der Waals surface area contributed by atoms with Gasteiger partial charge in [0, 0.05) is 32.4 Å². The molecular weight excluding hydrogens is 214 g/mol. The first-order chi connectivity index (χ1) is 8.13. The molecule has 0 aliphatic rings. The molecule has 17 heavy (non-hydrogen) atoms. The van der Waals surface area contributed by atoms with Crippen LogP contribution in [-0.4, -0.2) is 29.4 Å². The Morgan fingerprint density at radius 1 is 1.53 bits per heavy atom. The number of likely N-dealkylation sites (N-methyl/N-ethyl adjacent to an activating group) is 1. The van der Waals surface area contributed by atoms with Gasteiger partial charge in [-0.25, -0.2) is 0 Å². The lowest BCUT2D eigenvalue weighted by Gasteiger charge is -2.17. The van der Waals surface area contributed by atoms with Gasteiger partial charge in [0.1, 0.15) is 0 Å². The molecule has 0 saturated carbocycles. The second-order valence-electron chi connectivity index (χ2n) is 4.16. The van der Waals surface area contributed by atoms with Gasteiger partial charge in [0.15, 0.2) is 0 Å². The van der Waals surface area contributed by atoms with E-state index in [9.17, 15) is 4.79 Å². The zero-order valence-electron chi connectivity index (χ0n) is 10.3. The maximum Gasteiger partial charge on any atom is 0.223 e. The van der Waals surface area contributed by atoms with E-state index in [2.05, 4.69) is 11.1 Å². The van der Waals surface area contributed by atoms with Gasteiger partial charge < -0.3 is 4.90 Å². The molecular formula is C13H17N3O. The summed E-state index contributed by atoms with van der Waals surface area (Å²) in [4.78, 5) is 17.3. The van der Waals surface area contributed by atoms with Crippen molar-refractivity contribution in [3.05, 3.63) is 30.1 Å². The summed E-state index contributed by atoms with van der Waals surface area (Å²) in [5.74, 6) is -0.195. The quantitative estimate of drug-likeness (QED) is 0.774. The number of rotatable bonds is 5. The van der Waals surface area contributed by atoms with Crippen molar-refractivity contribution in [2.75, 3.05) is 13.6 Å². The van der Waals surface area contributed by atoms with Crippen LogP contribution in [0.2, 0.25) is 0 Å². The summed E-state index contributed by atoms with van der Waals surface area (Å²) in [6.45, 7) is 2.43. The molecule has 1 unspecified atom stereocenters. The Morgan fingerprint density at radius 3 is 2.76 bits per heavy atom. The Kier molecular flexibility index (Phi) is 5.15. The largest absolute Gasteiger partial charge is 0.345 e. The monoisotopic (exact) mass is 231 g/mol. The molecule has 0 aliphatic carbocycles. The number of carbonyl (C=O) groups is 1. The fourth-order valence-electron chi connectivity index (χ4n) is 1.43. The maximum absolute atomic E-state index is 11.7. The highest BCUT2D eigenvalue weighted by molar-refractivity contribution is 5.76. The fourth-order valence-corrected chi connectivity index (χ4v) is 1.43. The van der Waals surface area contributed by atoms with Crippen LogP contribution in [0, 0.1) is 17.2 Å². The zero-order valence-corrected chi connectivity index (χ0v) is 10.3. The van der Waals surface area contributed by atoms with Crippen molar-refractivity contribution in [3.63, 3.8) is 0 Å². The first-order valence-electron chi connectivity index (χ1n) is 5.66. The molecule has 90 valence electrons. The molecule has 1 atom stereocenters. The van der Waals surface area contributed by atoms with Crippen molar-refractivity contribution in [1.82, 2.24) is 9.88 Å². The predicted octanol–water partition coefficient (Wildman–Crippen LogP) is 1.63. The number of amides is 1. The summed E-state index contributed by atoms with van der Waals surface area (Å²) in [5.41, 5.74) is 1.16. The van der Waals surface area contributed by atoms with Gasteiger partial charge in [0.05, 0.1) is 12.0 Å². The van der Waals surface area contributed by atoms with Crippen LogP contribution in [0.3, 0.4) is 0 Å². The third kappa shape index (κ3) is 4.64. The van der Waals surface area contributed by atoms with Gasteiger partial charge in [0.25, 0.3) is 0 Å². The van der Waals surface area contributed by atoms with Crippen molar-refractivity contribution in [2.24, 2.45) is 5.92 Å². The predicted molar refractivity (Wildman–Crippen MR) is 65.0 cm³/mol. The van der Waals surface area contributed by atoms with Crippen LogP contribution >= 0.6 is 0 Å². The maximum atomic E-state index is 11.7. The average molecular weight is 231 g/mol. The third-order valence-corrected chi connectivity index (χ3v) is 2.61. The first-order valence-corrected chi connectivity index (χ1v) is 5.66. The van der Waals surface area contributed by atoms with E-state index in [1.165, 1.54) is 0 Å². The topological polar surface area (TPSA) is 57.0 Å². The number of nitriles is 1. The molecule has 0 N–H and O–H groups in total. The number of aromatic nitrogens is 1. The van der Waals surface area contributed by atoms with Crippen molar-refractivity contribution < 1.29 is 4.79 Å². The van der Waals surface area contributed by atoms with Gasteiger partial charge in [-0.2, -0.15) is 5.26 Å². The molecule has 0 bridgehead atoms. The summed E-state index contributed by atoms with van der Waals surface area (Å²) in [7, 11) is 1.77. The van der Waals surface area contributed by atoms with Gasteiger partial charge in [-0.05, 0) is 31.0 Å². The summed E-state index contributed by atoms with van der Waals surface area (Å²) in [5, 5.41) is 8.65. The van der Waals surface area contributed by atoms with Crippen LogP contribution in [-0.2, 0) is 11.2 Å². The standard InChI is InChI=1S/C13H17N3O/c1-11(10-14)9-13(17)16(2)8-5-12-3-6-15-7-4-12/h3-4,6-7,11H,5,8-9H2,1-2H3. The lowest BCUT2D eigenvalue weighted by Crippen LogP contribution is -2.29. The van der Waals surface area contributed by atoms with Crippen LogP contribution in [0.1, 0.15) is 18.9 Å². The molecule has 4 heteroatoms. The van der Waals surface area contributed by atoms with Gasteiger partial charge in [-0.3, -0.25) is 9.78 Å². The van der Waals surface area contributed by atoms with Crippen LogP contribution in [0.25, 0.3) is 0 Å². The molecule has 1 aromatic rings. The van der Waals surface area contributed by atoms with Gasteiger partial charge in [-0.1, -0.05) is 0 Å². The van der Waals surface area contributed by atoms with Gasteiger partial charge in [-0.15, -0.1) is 0 Å². The normalized spacial score (nSPS) is 11.6. The van der Waals surface area contributed by atoms with Gasteiger partial charge >= 0.3 is 0 Å². The molecule has 0 spiro atoms. The number of pyridine rings is 1. The molecule has 0 aliphatic heterocycles. The fraction of sp³-hybridized carbons (Fsp3) is 0.462. The molecule has 0 radical (unpaired) electrons. The summed E-state index contributed by atoms with van der Waals surface area (Å²) < 4.78 is 0. The molecule has 1 amide bonds. The second-order valence-corrected chi connectivity index (χ2v) is 4.16. The number of hydrogen-bond donors (Lipinski definition) is 0. The van der Waals surface area contributed by atoms with Crippen molar-refractivity contribution in [1.29, 1.82) is 5.26 Å². The van der Waals surface area contributed by atoms with Crippen molar-refractivity contribution >= 4 is 5.91 Å². The lowest BCUT2D eigenvalue weighted by atomic mass is 10.1. The minimum absolute atomic E-state index is 0.0214. The summed E-state index contributed by atoms with van der Waals surface area (Å²) in [6.07, 6.45) is 4.60. The van der Waals surface area contributed by atoms with Crippen LogP contribution in [0.15, 0.2) is 24.5 Å². The Hall–Kier alpha value is -1.89. The molecule has 4 nitrogen and oxygen atoms in total. The number of carbonyl (C=O) groups excluding carboxylic acids is 1. The SMILES string of the molecule is CC(C#N)CC(=O)N(C)CCc1ccncc1. The van der Waals surface area contributed by atoms with E-state index in [-0.39, 0.29) is 11.8 Å². The Balaban J connectivity index is 2.37. The lowest BCUT2D eigenvalue weighted by molar-refractivity contribution is -0.130. The molecule has 0 saturated heterocycles. The molecule has 0 fully saturated rings. The van der Waals surface area contributed by atoms with E-state index < -0.39 is 0 Å². The molecule has 1 aromatic heterocycles. The highest BCUT2D eigenvalue weighted by atomic mass is 16.2. The number of nitrogens with zero attached hydrogens (tertiary/aromatic N) is 3. The average Bonchev–Trinajstić information content (AvgIpc) is 2.36. The third-order valence-electron chi connectivity index (χ3n) is 2.61. The molecule has 1 heterocycles. The zero-order chi connectivity index (χ0) is 12.7. The number of hydrogen-bond acceptors (Lipinski definition) is 3. The summed E-state index contributed by atoms with van der Waals surface area (Å²) >= 11 is 0.